The van der Waals surface area contributed by atoms with E-state index in [0.29, 0.717) is 6.04 Å². The molecule has 1 fully saturated rings. The molecule has 2 nitrogen and oxygen atoms in total. The van der Waals surface area contributed by atoms with Crippen molar-refractivity contribution in [1.82, 2.24) is 10.2 Å². The molecule has 1 saturated heterocycles. The summed E-state index contributed by atoms with van der Waals surface area (Å²) in [5.41, 5.74) is 0. The standard InChI is InChI=1S/C9H18N2/c1-3-7-11-8-6-10-5-4-9(11)2/h3,9-10H,1,4-8H2,2H3. The van der Waals surface area contributed by atoms with E-state index < -0.39 is 0 Å². The van der Waals surface area contributed by atoms with E-state index in [1.165, 1.54) is 6.42 Å². The van der Waals surface area contributed by atoms with Crippen LogP contribution in [0.15, 0.2) is 12.7 Å². The van der Waals surface area contributed by atoms with Crippen molar-refractivity contribution >= 4 is 0 Å². The second-order valence-corrected chi connectivity index (χ2v) is 3.17. The Kier molecular flexibility index (Phi) is 3.60. The molecule has 64 valence electrons. The summed E-state index contributed by atoms with van der Waals surface area (Å²) < 4.78 is 0. The molecule has 11 heavy (non-hydrogen) atoms. The normalized spacial score (nSPS) is 27.9. The molecular weight excluding hydrogens is 136 g/mol. The highest BCUT2D eigenvalue weighted by atomic mass is 15.2. The second kappa shape index (κ2) is 4.52. The Bertz CT molecular complexity index is 123. The fourth-order valence-electron chi connectivity index (χ4n) is 1.50. The van der Waals surface area contributed by atoms with Gasteiger partial charge in [0.15, 0.2) is 0 Å². The fraction of sp³-hybridized carbons (Fsp3) is 0.778. The first-order chi connectivity index (χ1) is 5.34. The van der Waals surface area contributed by atoms with Gasteiger partial charge in [-0.3, -0.25) is 4.90 Å². The predicted octanol–water partition coefficient (Wildman–Crippen LogP) is 0.856. The van der Waals surface area contributed by atoms with Gasteiger partial charge in [-0.15, -0.1) is 6.58 Å². The van der Waals surface area contributed by atoms with E-state index in [0.717, 1.165) is 26.2 Å². The molecule has 0 saturated carbocycles. The molecule has 1 aliphatic rings. The Balaban J connectivity index is 2.38. The molecule has 0 aromatic carbocycles. The van der Waals surface area contributed by atoms with Crippen LogP contribution in [0.2, 0.25) is 0 Å². The van der Waals surface area contributed by atoms with E-state index in [1.54, 1.807) is 0 Å². The van der Waals surface area contributed by atoms with E-state index in [4.69, 9.17) is 0 Å². The summed E-state index contributed by atoms with van der Waals surface area (Å²) >= 11 is 0. The summed E-state index contributed by atoms with van der Waals surface area (Å²) in [5.74, 6) is 0. The lowest BCUT2D eigenvalue weighted by atomic mass is 10.2. The van der Waals surface area contributed by atoms with Gasteiger partial charge in [0.05, 0.1) is 0 Å². The lowest BCUT2D eigenvalue weighted by Gasteiger charge is -2.24. The first kappa shape index (κ1) is 8.75. The highest BCUT2D eigenvalue weighted by Gasteiger charge is 2.13. The average Bonchev–Trinajstić information content (AvgIpc) is 2.18. The molecule has 0 bridgehead atoms. The summed E-state index contributed by atoms with van der Waals surface area (Å²) in [4.78, 5) is 2.47. The summed E-state index contributed by atoms with van der Waals surface area (Å²) in [6, 6.07) is 0.711. The van der Waals surface area contributed by atoms with Crippen molar-refractivity contribution in [3.63, 3.8) is 0 Å². The van der Waals surface area contributed by atoms with Crippen LogP contribution in [-0.4, -0.2) is 37.1 Å². The number of rotatable bonds is 2. The van der Waals surface area contributed by atoms with E-state index in [2.05, 4.69) is 23.7 Å². The highest BCUT2D eigenvalue weighted by molar-refractivity contribution is 4.80. The molecule has 1 unspecified atom stereocenters. The Morgan fingerprint density at radius 2 is 2.45 bits per heavy atom. The van der Waals surface area contributed by atoms with Gasteiger partial charge in [0.1, 0.15) is 0 Å². The monoisotopic (exact) mass is 154 g/mol. The van der Waals surface area contributed by atoms with Crippen molar-refractivity contribution in [3.05, 3.63) is 12.7 Å². The second-order valence-electron chi connectivity index (χ2n) is 3.17. The van der Waals surface area contributed by atoms with Crippen molar-refractivity contribution < 1.29 is 0 Å². The third-order valence-electron chi connectivity index (χ3n) is 2.30. The zero-order valence-corrected chi connectivity index (χ0v) is 7.34. The average molecular weight is 154 g/mol. The first-order valence-corrected chi connectivity index (χ1v) is 4.40. The van der Waals surface area contributed by atoms with Crippen LogP contribution in [0.25, 0.3) is 0 Å². The molecule has 0 aromatic rings. The van der Waals surface area contributed by atoms with Crippen LogP contribution in [0.4, 0.5) is 0 Å². The number of hydrogen-bond acceptors (Lipinski definition) is 2. The number of nitrogens with zero attached hydrogens (tertiary/aromatic N) is 1. The van der Waals surface area contributed by atoms with Gasteiger partial charge in [-0.1, -0.05) is 6.08 Å². The first-order valence-electron chi connectivity index (χ1n) is 4.40. The van der Waals surface area contributed by atoms with Gasteiger partial charge in [0, 0.05) is 25.7 Å². The molecule has 0 spiro atoms. The van der Waals surface area contributed by atoms with Crippen LogP contribution in [0.5, 0.6) is 0 Å². The molecule has 1 aliphatic heterocycles. The molecule has 1 atom stereocenters. The lowest BCUT2D eigenvalue weighted by molar-refractivity contribution is 0.244. The Morgan fingerprint density at radius 1 is 1.64 bits per heavy atom. The van der Waals surface area contributed by atoms with Gasteiger partial charge in [-0.05, 0) is 19.9 Å². The van der Waals surface area contributed by atoms with E-state index >= 15 is 0 Å². The third-order valence-corrected chi connectivity index (χ3v) is 2.30. The topological polar surface area (TPSA) is 15.3 Å². The fourth-order valence-corrected chi connectivity index (χ4v) is 1.50. The van der Waals surface area contributed by atoms with Gasteiger partial charge in [-0.2, -0.15) is 0 Å². The van der Waals surface area contributed by atoms with Crippen LogP contribution in [0, 0.1) is 0 Å². The molecule has 1 heterocycles. The molecule has 0 aromatic heterocycles. The molecular formula is C9H18N2. The minimum absolute atomic E-state index is 0.711. The predicted molar refractivity (Wildman–Crippen MR) is 48.7 cm³/mol. The quantitative estimate of drug-likeness (QED) is 0.593. The Hall–Kier alpha value is -0.340. The SMILES string of the molecule is C=CCN1CCNCCC1C. The van der Waals surface area contributed by atoms with Crippen LogP contribution < -0.4 is 5.32 Å². The van der Waals surface area contributed by atoms with Gasteiger partial charge in [0.2, 0.25) is 0 Å². The summed E-state index contributed by atoms with van der Waals surface area (Å²) in [5, 5.41) is 3.39. The molecule has 2 heteroatoms. The highest BCUT2D eigenvalue weighted by Crippen LogP contribution is 2.04. The summed E-state index contributed by atoms with van der Waals surface area (Å²) in [6.07, 6.45) is 3.25. The number of hydrogen-bond donors (Lipinski definition) is 1. The smallest absolute Gasteiger partial charge is 0.0163 e. The maximum atomic E-state index is 3.76. The van der Waals surface area contributed by atoms with E-state index in [-0.39, 0.29) is 0 Å². The minimum atomic E-state index is 0.711. The van der Waals surface area contributed by atoms with E-state index in [9.17, 15) is 0 Å². The lowest BCUT2D eigenvalue weighted by Crippen LogP contribution is -2.34. The van der Waals surface area contributed by atoms with Crippen LogP contribution in [0.1, 0.15) is 13.3 Å². The molecule has 0 radical (unpaired) electrons. The zero-order valence-electron chi connectivity index (χ0n) is 7.34. The number of nitrogens with one attached hydrogen (secondary N) is 1. The Labute approximate surface area is 69.3 Å². The van der Waals surface area contributed by atoms with Crippen molar-refractivity contribution in [2.45, 2.75) is 19.4 Å². The zero-order chi connectivity index (χ0) is 8.10. The van der Waals surface area contributed by atoms with Crippen LogP contribution >= 0.6 is 0 Å². The maximum Gasteiger partial charge on any atom is 0.0163 e. The maximum absolute atomic E-state index is 3.76. The minimum Gasteiger partial charge on any atom is -0.315 e. The van der Waals surface area contributed by atoms with Gasteiger partial charge < -0.3 is 5.32 Å². The molecule has 1 rings (SSSR count). The van der Waals surface area contributed by atoms with Gasteiger partial charge >= 0.3 is 0 Å². The molecule has 0 aliphatic carbocycles. The molecule has 1 N–H and O–H groups in total. The van der Waals surface area contributed by atoms with Crippen molar-refractivity contribution in [2.75, 3.05) is 26.2 Å². The molecule has 0 amide bonds. The van der Waals surface area contributed by atoms with Crippen molar-refractivity contribution in [3.8, 4) is 0 Å². The summed E-state index contributed by atoms with van der Waals surface area (Å²) in [6.45, 7) is 10.5. The largest absolute Gasteiger partial charge is 0.315 e. The van der Waals surface area contributed by atoms with Crippen LogP contribution in [0.3, 0.4) is 0 Å². The van der Waals surface area contributed by atoms with Gasteiger partial charge in [0.25, 0.3) is 0 Å². The van der Waals surface area contributed by atoms with Crippen LogP contribution in [-0.2, 0) is 0 Å². The Morgan fingerprint density at radius 3 is 3.18 bits per heavy atom. The summed E-state index contributed by atoms with van der Waals surface area (Å²) in [7, 11) is 0. The third kappa shape index (κ3) is 2.64. The van der Waals surface area contributed by atoms with E-state index in [1.807, 2.05) is 6.08 Å². The van der Waals surface area contributed by atoms with Gasteiger partial charge in [-0.25, -0.2) is 0 Å². The van der Waals surface area contributed by atoms with Crippen molar-refractivity contribution in [1.29, 1.82) is 0 Å². The van der Waals surface area contributed by atoms with Crippen molar-refractivity contribution in [2.24, 2.45) is 0 Å².